The largest absolute Gasteiger partial charge is 0.265 e. The molecule has 4 heteroatoms. The van der Waals surface area contributed by atoms with Crippen molar-refractivity contribution in [2.75, 3.05) is 0 Å². The van der Waals surface area contributed by atoms with E-state index in [1.807, 2.05) is 69.7 Å². The summed E-state index contributed by atoms with van der Waals surface area (Å²) in [4.78, 5) is 13.6. The van der Waals surface area contributed by atoms with Crippen LogP contribution in [0.25, 0.3) is 16.8 Å². The van der Waals surface area contributed by atoms with E-state index in [0.717, 1.165) is 56.4 Å². The molecule has 1 aromatic carbocycles. The van der Waals surface area contributed by atoms with Crippen LogP contribution in [0.3, 0.4) is 0 Å². The fraction of sp³-hybridized carbons (Fsp3) is 0.208. The van der Waals surface area contributed by atoms with Crippen molar-refractivity contribution in [2.24, 2.45) is 4.99 Å². The predicted molar refractivity (Wildman–Crippen MR) is 119 cm³/mol. The molecular weight excluding hydrogens is 366 g/mol. The Morgan fingerprint density at radius 1 is 1.07 bits per heavy atom. The van der Waals surface area contributed by atoms with E-state index in [2.05, 4.69) is 34.0 Å². The first-order valence-corrected chi connectivity index (χ1v) is 9.65. The van der Waals surface area contributed by atoms with Crippen molar-refractivity contribution in [3.63, 3.8) is 0 Å². The summed E-state index contributed by atoms with van der Waals surface area (Å²) < 4.78 is 0. The molecule has 0 aliphatic rings. The third-order valence-electron chi connectivity index (χ3n) is 4.54. The minimum Gasteiger partial charge on any atom is -0.265 e. The summed E-state index contributed by atoms with van der Waals surface area (Å²) in [6, 6.07) is 14.1. The summed E-state index contributed by atoms with van der Waals surface area (Å²) in [5.41, 5.74) is 8.47. The molecule has 0 aliphatic carbocycles. The molecule has 3 rings (SSSR count). The van der Waals surface area contributed by atoms with Gasteiger partial charge in [0, 0.05) is 47.0 Å². The Balaban J connectivity index is 1.76. The maximum absolute atomic E-state index is 6.26. The normalized spacial score (nSPS) is 12.3. The Hall–Kier alpha value is -2.78. The Kier molecular flexibility index (Phi) is 6.37. The molecule has 0 spiro atoms. The number of pyridine rings is 2. The van der Waals surface area contributed by atoms with Crippen LogP contribution in [-0.2, 0) is 6.42 Å². The molecular formula is C24H24ClN3. The number of aryl methyl sites for hydroxylation is 2. The van der Waals surface area contributed by atoms with E-state index in [0.29, 0.717) is 0 Å². The predicted octanol–water partition coefficient (Wildman–Crippen LogP) is 6.48. The number of benzene rings is 1. The van der Waals surface area contributed by atoms with E-state index < -0.39 is 0 Å². The SMILES string of the molecule is CC(Cc1cnc(-c2ccnc(C)c2)c(C)c1)=N/C=C(\C)c1ccccc1Cl. The van der Waals surface area contributed by atoms with Crippen LogP contribution in [0.15, 0.2) is 66.1 Å². The fourth-order valence-electron chi connectivity index (χ4n) is 3.12. The van der Waals surface area contributed by atoms with Gasteiger partial charge in [-0.05, 0) is 68.2 Å². The van der Waals surface area contributed by atoms with Gasteiger partial charge in [0.15, 0.2) is 0 Å². The van der Waals surface area contributed by atoms with Gasteiger partial charge >= 0.3 is 0 Å². The average Bonchev–Trinajstić information content (AvgIpc) is 2.66. The van der Waals surface area contributed by atoms with Crippen LogP contribution < -0.4 is 0 Å². The molecule has 0 bridgehead atoms. The molecule has 142 valence electrons. The van der Waals surface area contributed by atoms with Crippen LogP contribution in [0.5, 0.6) is 0 Å². The van der Waals surface area contributed by atoms with E-state index in [1.165, 1.54) is 0 Å². The van der Waals surface area contributed by atoms with Crippen molar-refractivity contribution in [3.05, 3.63) is 88.5 Å². The van der Waals surface area contributed by atoms with Crippen molar-refractivity contribution in [3.8, 4) is 11.3 Å². The lowest BCUT2D eigenvalue weighted by Gasteiger charge is -2.08. The Morgan fingerprint density at radius 3 is 2.57 bits per heavy atom. The van der Waals surface area contributed by atoms with Crippen LogP contribution in [0, 0.1) is 13.8 Å². The van der Waals surface area contributed by atoms with Crippen molar-refractivity contribution in [1.29, 1.82) is 0 Å². The first-order valence-electron chi connectivity index (χ1n) is 9.27. The summed E-state index contributed by atoms with van der Waals surface area (Å²) in [6.07, 6.45) is 6.40. The third-order valence-corrected chi connectivity index (χ3v) is 4.87. The maximum atomic E-state index is 6.26. The van der Waals surface area contributed by atoms with Crippen molar-refractivity contribution in [1.82, 2.24) is 9.97 Å². The maximum Gasteiger partial charge on any atom is 0.0732 e. The zero-order valence-corrected chi connectivity index (χ0v) is 17.5. The molecule has 0 amide bonds. The topological polar surface area (TPSA) is 38.1 Å². The summed E-state index contributed by atoms with van der Waals surface area (Å²) in [5, 5.41) is 0.742. The molecule has 3 nitrogen and oxygen atoms in total. The van der Waals surface area contributed by atoms with Crippen LogP contribution in [-0.4, -0.2) is 15.7 Å². The highest BCUT2D eigenvalue weighted by atomic mass is 35.5. The van der Waals surface area contributed by atoms with Gasteiger partial charge in [-0.2, -0.15) is 0 Å². The molecule has 28 heavy (non-hydrogen) atoms. The van der Waals surface area contributed by atoms with Crippen LogP contribution in [0.1, 0.15) is 36.2 Å². The van der Waals surface area contributed by atoms with Gasteiger partial charge < -0.3 is 0 Å². The molecule has 0 saturated carbocycles. The van der Waals surface area contributed by atoms with Gasteiger partial charge in [0.25, 0.3) is 0 Å². The van der Waals surface area contributed by atoms with Gasteiger partial charge in [-0.1, -0.05) is 35.9 Å². The Bertz CT molecular complexity index is 1050. The van der Waals surface area contributed by atoms with Crippen molar-refractivity contribution in [2.45, 2.75) is 34.1 Å². The molecule has 3 aromatic rings. The number of hydrogen-bond donors (Lipinski definition) is 0. The van der Waals surface area contributed by atoms with Gasteiger partial charge in [0.1, 0.15) is 0 Å². The Morgan fingerprint density at radius 2 is 1.86 bits per heavy atom. The molecule has 0 saturated heterocycles. The number of aliphatic imine (C=N–C) groups is 1. The van der Waals surface area contributed by atoms with Gasteiger partial charge in [-0.15, -0.1) is 0 Å². The molecule has 0 aliphatic heterocycles. The molecule has 0 radical (unpaired) electrons. The standard InChI is InChI=1S/C24H24ClN3/c1-16-11-20(15-28-24(16)21-9-10-26-19(4)13-21)12-18(3)27-14-17(2)22-7-5-6-8-23(22)25/h5-11,13-15H,12H2,1-4H3/b17-14+,27-18?. The summed E-state index contributed by atoms with van der Waals surface area (Å²) in [7, 11) is 0. The number of aromatic nitrogens is 2. The fourth-order valence-corrected chi connectivity index (χ4v) is 3.41. The number of nitrogens with zero attached hydrogens (tertiary/aromatic N) is 3. The number of hydrogen-bond acceptors (Lipinski definition) is 3. The van der Waals surface area contributed by atoms with E-state index in [1.54, 1.807) is 0 Å². The van der Waals surface area contributed by atoms with E-state index in [-0.39, 0.29) is 0 Å². The quantitative estimate of drug-likeness (QED) is 0.468. The molecule has 0 fully saturated rings. The highest BCUT2D eigenvalue weighted by Gasteiger charge is 2.06. The third kappa shape index (κ3) is 4.93. The average molecular weight is 390 g/mol. The molecule has 2 aromatic heterocycles. The second-order valence-electron chi connectivity index (χ2n) is 7.03. The van der Waals surface area contributed by atoms with E-state index in [4.69, 9.17) is 11.6 Å². The highest BCUT2D eigenvalue weighted by Crippen LogP contribution is 2.24. The lowest BCUT2D eigenvalue weighted by molar-refractivity contribution is 1.16. The number of halogens is 1. The highest BCUT2D eigenvalue weighted by molar-refractivity contribution is 6.32. The Labute approximate surface area is 171 Å². The van der Waals surface area contributed by atoms with Crippen molar-refractivity contribution < 1.29 is 0 Å². The number of allylic oxidation sites excluding steroid dienone is 1. The van der Waals surface area contributed by atoms with Crippen LogP contribution in [0.2, 0.25) is 5.02 Å². The molecule has 0 unspecified atom stereocenters. The number of rotatable bonds is 5. The minimum absolute atomic E-state index is 0.742. The second kappa shape index (κ2) is 8.94. The zero-order valence-electron chi connectivity index (χ0n) is 16.7. The molecule has 0 atom stereocenters. The van der Waals surface area contributed by atoms with Crippen LogP contribution in [0.4, 0.5) is 0 Å². The first kappa shape index (κ1) is 20.0. The lowest BCUT2D eigenvalue weighted by atomic mass is 10.0. The van der Waals surface area contributed by atoms with E-state index in [9.17, 15) is 0 Å². The monoisotopic (exact) mass is 389 g/mol. The van der Waals surface area contributed by atoms with Gasteiger partial charge in [0.2, 0.25) is 0 Å². The second-order valence-corrected chi connectivity index (χ2v) is 7.44. The molecule has 0 N–H and O–H groups in total. The lowest BCUT2D eigenvalue weighted by Crippen LogP contribution is -2.00. The van der Waals surface area contributed by atoms with Gasteiger partial charge in [-0.25, -0.2) is 0 Å². The van der Waals surface area contributed by atoms with Gasteiger partial charge in [-0.3, -0.25) is 15.0 Å². The minimum atomic E-state index is 0.742. The smallest absolute Gasteiger partial charge is 0.0732 e. The van der Waals surface area contributed by atoms with Gasteiger partial charge in [0.05, 0.1) is 5.69 Å². The van der Waals surface area contributed by atoms with Crippen molar-refractivity contribution >= 4 is 22.9 Å². The van der Waals surface area contributed by atoms with E-state index >= 15 is 0 Å². The summed E-state index contributed by atoms with van der Waals surface area (Å²) in [5.74, 6) is 0. The van der Waals surface area contributed by atoms with Crippen LogP contribution >= 0.6 is 11.6 Å². The zero-order chi connectivity index (χ0) is 20.1. The first-order chi connectivity index (χ1) is 13.4. The summed E-state index contributed by atoms with van der Waals surface area (Å²) in [6.45, 7) is 8.14. The summed E-state index contributed by atoms with van der Waals surface area (Å²) >= 11 is 6.26. The molecule has 2 heterocycles.